The summed E-state index contributed by atoms with van der Waals surface area (Å²) in [5.41, 5.74) is 3.62. The molecule has 0 aliphatic carbocycles. The van der Waals surface area contributed by atoms with Gasteiger partial charge in [0.2, 0.25) is 0 Å². The van der Waals surface area contributed by atoms with Gasteiger partial charge in [0.15, 0.2) is 4.80 Å². The van der Waals surface area contributed by atoms with E-state index in [0.717, 1.165) is 16.7 Å². The molecule has 0 saturated carbocycles. The number of methoxy groups -OCH3 is 1. The van der Waals surface area contributed by atoms with Gasteiger partial charge in [-0.1, -0.05) is 89.1 Å². The minimum absolute atomic E-state index is 0.263. The minimum Gasteiger partial charge on any atom is -0.497 e. The number of hydrogen-bond acceptors (Lipinski definition) is 6. The number of aromatic nitrogens is 1. The molecule has 226 valence electrons. The van der Waals surface area contributed by atoms with Crippen LogP contribution in [-0.2, 0) is 11.4 Å². The molecular formula is C35H27Cl2N3O4S. The van der Waals surface area contributed by atoms with Crippen molar-refractivity contribution in [3.63, 3.8) is 0 Å². The van der Waals surface area contributed by atoms with E-state index in [1.165, 1.54) is 11.3 Å². The van der Waals surface area contributed by atoms with Gasteiger partial charge in [-0.2, -0.15) is 0 Å². The second-order valence-corrected chi connectivity index (χ2v) is 12.1. The largest absolute Gasteiger partial charge is 0.497 e. The van der Waals surface area contributed by atoms with Crippen molar-refractivity contribution in [3.8, 4) is 11.5 Å². The fourth-order valence-corrected chi connectivity index (χ4v) is 6.45. The van der Waals surface area contributed by atoms with Crippen LogP contribution in [0.1, 0.15) is 29.7 Å². The molecule has 2 heterocycles. The van der Waals surface area contributed by atoms with Crippen LogP contribution in [0.25, 0.3) is 6.08 Å². The summed E-state index contributed by atoms with van der Waals surface area (Å²) in [4.78, 5) is 33.2. The van der Waals surface area contributed by atoms with Crippen molar-refractivity contribution in [1.82, 2.24) is 4.57 Å². The van der Waals surface area contributed by atoms with Crippen molar-refractivity contribution in [1.29, 1.82) is 0 Å². The summed E-state index contributed by atoms with van der Waals surface area (Å²) in [6.45, 7) is 2.05. The van der Waals surface area contributed by atoms with Gasteiger partial charge in [-0.25, -0.2) is 4.99 Å². The number of allylic oxidation sites excluding steroid dienone is 1. The topological polar surface area (TPSA) is 81.9 Å². The number of para-hydroxylation sites is 2. The lowest BCUT2D eigenvalue weighted by molar-refractivity contribution is -0.113. The summed E-state index contributed by atoms with van der Waals surface area (Å²) < 4.78 is 13.5. The molecule has 1 amide bonds. The average Bonchev–Trinajstić information content (AvgIpc) is 3.35. The summed E-state index contributed by atoms with van der Waals surface area (Å²) in [7, 11) is 1.59. The number of ether oxygens (including phenoxy) is 2. The quantitative estimate of drug-likeness (QED) is 0.200. The minimum atomic E-state index is -0.709. The Hall–Kier alpha value is -4.63. The van der Waals surface area contributed by atoms with E-state index in [9.17, 15) is 9.59 Å². The first-order valence-electron chi connectivity index (χ1n) is 14.0. The Kier molecular flexibility index (Phi) is 8.89. The predicted octanol–water partition coefficient (Wildman–Crippen LogP) is 6.77. The number of rotatable bonds is 8. The van der Waals surface area contributed by atoms with Crippen LogP contribution in [-0.4, -0.2) is 17.6 Å². The average molecular weight is 657 g/mol. The Morgan fingerprint density at radius 2 is 1.71 bits per heavy atom. The highest BCUT2D eigenvalue weighted by Gasteiger charge is 2.32. The summed E-state index contributed by atoms with van der Waals surface area (Å²) in [6, 6.07) is 28.7. The Morgan fingerprint density at radius 1 is 0.978 bits per heavy atom. The summed E-state index contributed by atoms with van der Waals surface area (Å²) >= 11 is 13.5. The molecule has 10 heteroatoms. The molecule has 0 unspecified atom stereocenters. The van der Waals surface area contributed by atoms with E-state index in [0.29, 0.717) is 47.8 Å². The molecule has 45 heavy (non-hydrogen) atoms. The summed E-state index contributed by atoms with van der Waals surface area (Å²) in [6.07, 6.45) is 1.79. The number of benzene rings is 4. The molecule has 6 rings (SSSR count). The predicted molar refractivity (Wildman–Crippen MR) is 179 cm³/mol. The molecule has 1 aliphatic heterocycles. The molecule has 1 N–H and O–H groups in total. The maximum atomic E-state index is 14.2. The Bertz CT molecular complexity index is 2110. The normalized spacial score (nSPS) is 14.5. The van der Waals surface area contributed by atoms with Crippen LogP contribution in [0, 0.1) is 0 Å². The van der Waals surface area contributed by atoms with Crippen LogP contribution in [0.2, 0.25) is 10.0 Å². The number of nitrogens with one attached hydrogen (secondary N) is 1. The van der Waals surface area contributed by atoms with Gasteiger partial charge in [-0.15, -0.1) is 0 Å². The van der Waals surface area contributed by atoms with E-state index in [-0.39, 0.29) is 18.1 Å². The van der Waals surface area contributed by atoms with E-state index in [1.54, 1.807) is 36.8 Å². The fourth-order valence-electron chi connectivity index (χ4n) is 5.10. The highest BCUT2D eigenvalue weighted by molar-refractivity contribution is 7.07. The number of carbonyl (C=O) groups excluding carboxylic acids is 1. The van der Waals surface area contributed by atoms with Crippen LogP contribution in [0.5, 0.6) is 11.5 Å². The number of fused-ring (bicyclic) bond motifs is 1. The third-order valence-corrected chi connectivity index (χ3v) is 9.04. The Labute approximate surface area is 273 Å². The van der Waals surface area contributed by atoms with Crippen LogP contribution in [0.3, 0.4) is 0 Å². The molecule has 7 nitrogen and oxygen atoms in total. The van der Waals surface area contributed by atoms with Gasteiger partial charge in [0.25, 0.3) is 11.5 Å². The van der Waals surface area contributed by atoms with Gasteiger partial charge in [0, 0.05) is 11.3 Å². The van der Waals surface area contributed by atoms with Gasteiger partial charge in [0.05, 0.1) is 39.0 Å². The van der Waals surface area contributed by atoms with Crippen LogP contribution < -0.4 is 29.7 Å². The van der Waals surface area contributed by atoms with Gasteiger partial charge in [-0.3, -0.25) is 14.2 Å². The van der Waals surface area contributed by atoms with Crippen LogP contribution in [0.15, 0.2) is 118 Å². The lowest BCUT2D eigenvalue weighted by Gasteiger charge is -2.25. The second-order valence-electron chi connectivity index (χ2n) is 10.3. The SMILES string of the molecule is COc1ccc([C@H]2C(C(=O)Nc3ccccc3)=C(C)N=c3s/c(=C/c4ccccc4OCc4ccc(Cl)c(Cl)c4)c(=O)n32)cc1. The van der Waals surface area contributed by atoms with Crippen molar-refractivity contribution < 1.29 is 14.3 Å². The summed E-state index contributed by atoms with van der Waals surface area (Å²) in [5, 5.41) is 3.89. The van der Waals surface area contributed by atoms with E-state index in [4.69, 9.17) is 37.7 Å². The molecule has 4 aromatic carbocycles. The third kappa shape index (κ3) is 6.44. The molecule has 0 saturated heterocycles. The van der Waals surface area contributed by atoms with E-state index < -0.39 is 6.04 Å². The smallest absolute Gasteiger partial charge is 0.271 e. The maximum Gasteiger partial charge on any atom is 0.271 e. The third-order valence-electron chi connectivity index (χ3n) is 7.31. The molecule has 1 aliphatic rings. The zero-order valence-corrected chi connectivity index (χ0v) is 26.6. The van der Waals surface area contributed by atoms with Crippen molar-refractivity contribution in [3.05, 3.63) is 155 Å². The number of thiazole rings is 1. The van der Waals surface area contributed by atoms with Crippen molar-refractivity contribution in [2.24, 2.45) is 4.99 Å². The summed E-state index contributed by atoms with van der Waals surface area (Å²) in [5.74, 6) is 0.929. The lowest BCUT2D eigenvalue weighted by atomic mass is 9.95. The molecule has 5 aromatic rings. The van der Waals surface area contributed by atoms with Crippen LogP contribution in [0.4, 0.5) is 5.69 Å². The van der Waals surface area contributed by atoms with Crippen molar-refractivity contribution >= 4 is 52.2 Å². The highest BCUT2D eigenvalue weighted by atomic mass is 35.5. The van der Waals surface area contributed by atoms with Gasteiger partial charge >= 0.3 is 0 Å². The first-order valence-corrected chi connectivity index (χ1v) is 15.6. The number of halogens is 2. The molecule has 1 aromatic heterocycles. The standard InChI is InChI=1S/C35H27Cl2N3O4S/c1-21-31(33(41)39-25-9-4-3-5-10-25)32(23-13-15-26(43-2)16-14-23)40-34(42)30(45-35(40)38-21)19-24-8-6-7-11-29(24)44-20-22-12-17-27(36)28(37)18-22/h3-19,32H,20H2,1-2H3,(H,39,41)/b30-19+/t32-/m0/s1. The zero-order chi connectivity index (χ0) is 31.5. The zero-order valence-electron chi connectivity index (χ0n) is 24.3. The second kappa shape index (κ2) is 13.2. The lowest BCUT2D eigenvalue weighted by Crippen LogP contribution is -2.40. The first-order chi connectivity index (χ1) is 21.8. The molecular weight excluding hydrogens is 629 g/mol. The van der Waals surface area contributed by atoms with E-state index in [2.05, 4.69) is 5.32 Å². The molecule has 1 atom stereocenters. The fraction of sp³-hybridized carbons (Fsp3) is 0.114. The van der Waals surface area contributed by atoms with Crippen molar-refractivity contribution in [2.75, 3.05) is 12.4 Å². The number of carbonyl (C=O) groups is 1. The van der Waals surface area contributed by atoms with Gasteiger partial charge in [0.1, 0.15) is 18.1 Å². The number of hydrogen-bond donors (Lipinski definition) is 1. The molecule has 0 fully saturated rings. The number of anilines is 1. The monoisotopic (exact) mass is 655 g/mol. The van der Waals surface area contributed by atoms with Crippen LogP contribution >= 0.6 is 34.5 Å². The molecule has 0 spiro atoms. The van der Waals surface area contributed by atoms with Crippen molar-refractivity contribution in [2.45, 2.75) is 19.6 Å². The number of nitrogens with zero attached hydrogens (tertiary/aromatic N) is 2. The maximum absolute atomic E-state index is 14.2. The molecule has 0 radical (unpaired) electrons. The highest BCUT2D eigenvalue weighted by Crippen LogP contribution is 2.32. The Morgan fingerprint density at radius 3 is 2.44 bits per heavy atom. The van der Waals surface area contributed by atoms with Gasteiger partial charge < -0.3 is 14.8 Å². The molecule has 0 bridgehead atoms. The van der Waals surface area contributed by atoms with E-state index >= 15 is 0 Å². The van der Waals surface area contributed by atoms with E-state index in [1.807, 2.05) is 84.9 Å². The first kappa shape index (κ1) is 30.4. The van der Waals surface area contributed by atoms with Gasteiger partial charge in [-0.05, 0) is 66.6 Å². The Balaban J connectivity index is 1.41. The number of amides is 1.